The lowest BCUT2D eigenvalue weighted by molar-refractivity contribution is -0.144. The van der Waals surface area contributed by atoms with Crippen LogP contribution in [0.2, 0.25) is 0 Å². The average Bonchev–Trinajstić information content (AvgIpc) is 3.31. The van der Waals surface area contributed by atoms with E-state index in [-0.39, 0.29) is 23.8 Å². The van der Waals surface area contributed by atoms with Gasteiger partial charge in [0.15, 0.2) is 0 Å². The first kappa shape index (κ1) is 21.8. The molecule has 0 spiro atoms. The molecule has 2 aliphatic rings. The Labute approximate surface area is 186 Å². The van der Waals surface area contributed by atoms with E-state index in [1.54, 1.807) is 6.92 Å². The zero-order valence-electron chi connectivity index (χ0n) is 18.4. The molecular formula is C24H27N3O5. The normalized spacial score (nSPS) is 23.5. The molecule has 1 amide bonds. The Bertz CT molecular complexity index is 1140. The quantitative estimate of drug-likeness (QED) is 0.569. The van der Waals surface area contributed by atoms with Crippen LogP contribution in [-0.2, 0) is 19.1 Å². The maximum Gasteiger partial charge on any atom is 0.328 e. The summed E-state index contributed by atoms with van der Waals surface area (Å²) >= 11 is 0. The molecule has 0 bridgehead atoms. The Balaban J connectivity index is 1.64. The fourth-order valence-electron chi connectivity index (χ4n) is 4.63. The van der Waals surface area contributed by atoms with Crippen molar-refractivity contribution in [3.63, 3.8) is 0 Å². The van der Waals surface area contributed by atoms with Gasteiger partial charge in [0.25, 0.3) is 5.91 Å². The number of aromatic nitrogens is 1. The van der Waals surface area contributed by atoms with Gasteiger partial charge >= 0.3 is 11.9 Å². The number of carbonyl (C=O) groups is 3. The van der Waals surface area contributed by atoms with Crippen LogP contribution in [0.1, 0.15) is 51.1 Å². The zero-order chi connectivity index (χ0) is 23.0. The van der Waals surface area contributed by atoms with Gasteiger partial charge in [-0.1, -0.05) is 18.2 Å². The van der Waals surface area contributed by atoms with Crippen molar-refractivity contribution in [2.45, 2.75) is 51.6 Å². The van der Waals surface area contributed by atoms with Gasteiger partial charge in [-0.3, -0.25) is 9.59 Å². The maximum atomic E-state index is 13.2. The van der Waals surface area contributed by atoms with E-state index in [1.807, 2.05) is 48.0 Å². The molecule has 2 aromatic rings. The number of methoxy groups -OCH3 is 1. The molecule has 1 N–H and O–H groups in total. The van der Waals surface area contributed by atoms with Crippen molar-refractivity contribution in [3.05, 3.63) is 41.6 Å². The lowest BCUT2D eigenvalue weighted by Gasteiger charge is -2.30. The Morgan fingerprint density at radius 1 is 1.22 bits per heavy atom. The third-order valence-electron chi connectivity index (χ3n) is 6.51. The summed E-state index contributed by atoms with van der Waals surface area (Å²) < 4.78 is 6.76. The summed E-state index contributed by atoms with van der Waals surface area (Å²) in [5.41, 5.74) is 2.85. The molecule has 1 fully saturated rings. The lowest BCUT2D eigenvalue weighted by Crippen LogP contribution is -2.37. The first-order valence-electron chi connectivity index (χ1n) is 10.8. The molecular weight excluding hydrogens is 410 g/mol. The molecule has 1 aromatic carbocycles. The van der Waals surface area contributed by atoms with Crippen molar-refractivity contribution in [1.82, 2.24) is 9.58 Å². The number of amides is 1. The number of ether oxygens (including phenoxy) is 1. The minimum Gasteiger partial charge on any atom is -0.481 e. The van der Waals surface area contributed by atoms with Gasteiger partial charge < -0.3 is 14.4 Å². The topological polar surface area (TPSA) is 101 Å². The van der Waals surface area contributed by atoms with E-state index in [0.717, 1.165) is 16.5 Å². The summed E-state index contributed by atoms with van der Waals surface area (Å²) in [6, 6.07) is 7.12. The van der Waals surface area contributed by atoms with Crippen LogP contribution in [-0.4, -0.2) is 51.4 Å². The Morgan fingerprint density at radius 3 is 2.56 bits per heavy atom. The van der Waals surface area contributed by atoms with Crippen LogP contribution < -0.4 is 0 Å². The third-order valence-corrected chi connectivity index (χ3v) is 6.51. The molecule has 0 radical (unpaired) electrons. The summed E-state index contributed by atoms with van der Waals surface area (Å²) in [5.74, 6) is -1.62. The molecule has 1 aromatic heterocycles. The number of hydrogen-bond acceptors (Lipinski definition) is 5. The number of carbonyl (C=O) groups excluding carboxylic acids is 2. The van der Waals surface area contributed by atoms with Crippen molar-refractivity contribution in [3.8, 4) is 0 Å². The van der Waals surface area contributed by atoms with Crippen molar-refractivity contribution in [1.29, 1.82) is 0 Å². The number of hydrazone groups is 1. The Morgan fingerprint density at radius 2 is 1.91 bits per heavy atom. The van der Waals surface area contributed by atoms with Crippen molar-refractivity contribution in [2.24, 2.45) is 11.0 Å². The predicted octanol–water partition coefficient (Wildman–Crippen LogP) is 3.62. The third kappa shape index (κ3) is 3.81. The monoisotopic (exact) mass is 437 g/mol. The second-order valence-electron chi connectivity index (χ2n) is 8.44. The first-order chi connectivity index (χ1) is 15.3. The van der Waals surface area contributed by atoms with E-state index < -0.39 is 12.0 Å². The van der Waals surface area contributed by atoms with Crippen LogP contribution in [0.3, 0.4) is 0 Å². The number of carboxylic acids is 1. The van der Waals surface area contributed by atoms with Crippen LogP contribution in [0.25, 0.3) is 17.0 Å². The number of benzene rings is 1. The summed E-state index contributed by atoms with van der Waals surface area (Å²) in [4.78, 5) is 36.6. The van der Waals surface area contributed by atoms with E-state index in [2.05, 4.69) is 5.10 Å². The van der Waals surface area contributed by atoms with Crippen LogP contribution in [0.4, 0.5) is 0 Å². The molecule has 4 rings (SSSR count). The molecule has 2 heterocycles. The van der Waals surface area contributed by atoms with Gasteiger partial charge in [-0.2, -0.15) is 5.10 Å². The largest absolute Gasteiger partial charge is 0.481 e. The fourth-order valence-corrected chi connectivity index (χ4v) is 4.63. The van der Waals surface area contributed by atoms with E-state index in [9.17, 15) is 19.5 Å². The van der Waals surface area contributed by atoms with Crippen molar-refractivity contribution in [2.75, 3.05) is 7.11 Å². The molecule has 168 valence electrons. The van der Waals surface area contributed by atoms with E-state index >= 15 is 0 Å². The molecule has 0 saturated heterocycles. The van der Waals surface area contributed by atoms with Gasteiger partial charge in [0.2, 0.25) is 0 Å². The van der Waals surface area contributed by atoms with Gasteiger partial charge in [0, 0.05) is 22.7 Å². The van der Waals surface area contributed by atoms with Crippen molar-refractivity contribution < 1.29 is 24.2 Å². The van der Waals surface area contributed by atoms with Gasteiger partial charge in [-0.15, -0.1) is 0 Å². The second-order valence-corrected chi connectivity index (χ2v) is 8.44. The van der Waals surface area contributed by atoms with E-state index in [1.165, 1.54) is 12.1 Å². The molecule has 1 saturated carbocycles. The first-order valence-corrected chi connectivity index (χ1v) is 10.8. The average molecular weight is 437 g/mol. The number of fused-ring (bicyclic) bond motifs is 1. The smallest absolute Gasteiger partial charge is 0.328 e. The molecule has 1 aliphatic carbocycles. The van der Waals surface area contributed by atoms with Gasteiger partial charge in [0.1, 0.15) is 6.04 Å². The molecule has 32 heavy (non-hydrogen) atoms. The highest BCUT2D eigenvalue weighted by Crippen LogP contribution is 2.33. The summed E-state index contributed by atoms with van der Waals surface area (Å²) in [6.45, 7) is 3.58. The molecule has 8 heteroatoms. The number of esters is 1. The SMILES string of the molecule is COC(=O)C(C)n1cc(C=C2C(=O)N(C3CCC(C(=O)O)CC3)N=C2C)c2ccccc21. The number of rotatable bonds is 5. The Hall–Kier alpha value is -3.42. The highest BCUT2D eigenvalue weighted by Gasteiger charge is 2.36. The second kappa shape index (κ2) is 8.61. The fraction of sp³-hybridized carbons (Fsp3) is 0.417. The number of hydrogen-bond donors (Lipinski definition) is 1. The standard InChI is InChI=1S/C24H27N3O5/c1-14-20(22(28)27(25-14)18-10-8-16(9-11-18)23(29)30)12-17-13-26(15(2)24(31)32-3)21-7-5-4-6-19(17)21/h4-7,12-13,15-16,18H,8-11H2,1-3H3,(H,29,30). The minimum atomic E-state index is -0.769. The number of aliphatic carboxylic acids is 1. The molecule has 1 atom stereocenters. The van der Waals surface area contributed by atoms with Gasteiger partial charge in [0.05, 0.1) is 30.4 Å². The lowest BCUT2D eigenvalue weighted by atomic mass is 9.86. The predicted molar refractivity (Wildman–Crippen MR) is 120 cm³/mol. The summed E-state index contributed by atoms with van der Waals surface area (Å²) in [6.07, 6.45) is 6.05. The number of carboxylic acid groups (broad SMARTS) is 1. The number of nitrogens with zero attached hydrogens (tertiary/aromatic N) is 3. The van der Waals surface area contributed by atoms with E-state index in [0.29, 0.717) is 37.0 Å². The highest BCUT2D eigenvalue weighted by molar-refractivity contribution is 6.27. The van der Waals surface area contributed by atoms with Gasteiger partial charge in [-0.05, 0) is 51.7 Å². The van der Waals surface area contributed by atoms with Crippen LogP contribution in [0.5, 0.6) is 0 Å². The summed E-state index contributed by atoms with van der Waals surface area (Å²) in [5, 5.41) is 16.2. The number of para-hydroxylation sites is 1. The Kier molecular flexibility index (Phi) is 5.86. The van der Waals surface area contributed by atoms with Crippen LogP contribution in [0, 0.1) is 5.92 Å². The molecule has 1 aliphatic heterocycles. The molecule has 8 nitrogen and oxygen atoms in total. The van der Waals surface area contributed by atoms with Crippen LogP contribution in [0.15, 0.2) is 41.1 Å². The van der Waals surface area contributed by atoms with E-state index in [4.69, 9.17) is 4.74 Å². The van der Waals surface area contributed by atoms with Crippen molar-refractivity contribution >= 4 is 40.5 Å². The highest BCUT2D eigenvalue weighted by atomic mass is 16.5. The minimum absolute atomic E-state index is 0.0837. The van der Waals surface area contributed by atoms with Crippen LogP contribution >= 0.6 is 0 Å². The summed E-state index contributed by atoms with van der Waals surface area (Å²) in [7, 11) is 1.36. The zero-order valence-corrected chi connectivity index (χ0v) is 18.4. The maximum absolute atomic E-state index is 13.2. The molecule has 1 unspecified atom stereocenters. The van der Waals surface area contributed by atoms with Gasteiger partial charge in [-0.25, -0.2) is 9.80 Å².